The van der Waals surface area contributed by atoms with E-state index < -0.39 is 6.67 Å². The third-order valence-electron chi connectivity index (χ3n) is 5.42. The van der Waals surface area contributed by atoms with Gasteiger partial charge in [-0.05, 0) is 31.7 Å². The third kappa shape index (κ3) is 2.75. The molecule has 0 saturated heterocycles. The zero-order valence-electron chi connectivity index (χ0n) is 14.7. The molecule has 1 N–H and O–H groups in total. The van der Waals surface area contributed by atoms with E-state index in [1.54, 1.807) is 12.4 Å². The van der Waals surface area contributed by atoms with Gasteiger partial charge in [-0.25, -0.2) is 9.78 Å². The van der Waals surface area contributed by atoms with Crippen molar-refractivity contribution in [1.82, 2.24) is 19.1 Å². The minimum atomic E-state index is -0.440. The van der Waals surface area contributed by atoms with Crippen LogP contribution < -0.4 is 11.2 Å². The van der Waals surface area contributed by atoms with Gasteiger partial charge >= 0.3 is 5.69 Å². The quantitative estimate of drug-likeness (QED) is 0.711. The largest absolute Gasteiger partial charge is 0.346 e. The molecule has 6 nitrogen and oxygen atoms in total. The maximum absolute atomic E-state index is 13.3. The monoisotopic (exact) mass is 358 g/mol. The van der Waals surface area contributed by atoms with Gasteiger partial charge in [0.1, 0.15) is 5.65 Å². The van der Waals surface area contributed by atoms with Crippen molar-refractivity contribution in [2.75, 3.05) is 6.67 Å². The first-order valence-corrected chi connectivity index (χ1v) is 9.39. The van der Waals surface area contributed by atoms with Crippen LogP contribution in [0, 0.1) is 0 Å². The van der Waals surface area contributed by atoms with Crippen LogP contribution in [0.1, 0.15) is 51.0 Å². The molecule has 0 unspecified atom stereocenters. The highest BCUT2D eigenvalue weighted by Gasteiger charge is 2.23. The fourth-order valence-electron chi connectivity index (χ4n) is 4.11. The number of hydrogen-bond donors (Lipinski definition) is 1. The van der Waals surface area contributed by atoms with Gasteiger partial charge in [0.2, 0.25) is 0 Å². The van der Waals surface area contributed by atoms with E-state index in [-0.39, 0.29) is 23.8 Å². The number of pyridine rings is 1. The van der Waals surface area contributed by atoms with Crippen molar-refractivity contribution < 1.29 is 4.39 Å². The third-order valence-corrected chi connectivity index (χ3v) is 5.42. The Hall–Kier alpha value is -2.44. The predicted octanol–water partition coefficient (Wildman–Crippen LogP) is 3.29. The van der Waals surface area contributed by atoms with Crippen molar-refractivity contribution >= 4 is 21.9 Å². The molecule has 0 amide bonds. The highest BCUT2D eigenvalue weighted by atomic mass is 19.1. The minimum Gasteiger partial charge on any atom is -0.346 e. The van der Waals surface area contributed by atoms with Crippen molar-refractivity contribution in [1.29, 1.82) is 0 Å². The van der Waals surface area contributed by atoms with Gasteiger partial charge in [-0.2, -0.15) is 0 Å². The zero-order valence-corrected chi connectivity index (χ0v) is 14.7. The molecule has 0 aliphatic heterocycles. The maximum atomic E-state index is 13.3. The molecule has 1 aliphatic rings. The average Bonchev–Trinajstić information content (AvgIpc) is 3.14. The van der Waals surface area contributed by atoms with E-state index in [9.17, 15) is 14.0 Å². The SMILES string of the molecule is O=c1c2cnc3[nH]ccc3c2n(C2CCCCC2)c(=O)n1CCCCF. The molecule has 138 valence electrons. The van der Waals surface area contributed by atoms with Gasteiger partial charge in [0.15, 0.2) is 0 Å². The Morgan fingerprint density at radius 3 is 2.73 bits per heavy atom. The van der Waals surface area contributed by atoms with E-state index in [2.05, 4.69) is 9.97 Å². The number of aromatic amines is 1. The Morgan fingerprint density at radius 2 is 1.96 bits per heavy atom. The lowest BCUT2D eigenvalue weighted by atomic mass is 9.95. The number of aromatic nitrogens is 4. The van der Waals surface area contributed by atoms with Crippen LogP contribution >= 0.6 is 0 Å². The zero-order chi connectivity index (χ0) is 18.1. The molecule has 3 aromatic rings. The topological polar surface area (TPSA) is 72.7 Å². The van der Waals surface area contributed by atoms with Crippen LogP contribution in [0.3, 0.4) is 0 Å². The molecule has 7 heteroatoms. The number of halogens is 1. The molecule has 0 radical (unpaired) electrons. The van der Waals surface area contributed by atoms with E-state index in [0.717, 1.165) is 31.1 Å². The fraction of sp³-hybridized carbons (Fsp3) is 0.526. The first-order valence-electron chi connectivity index (χ1n) is 9.39. The number of H-pyrrole nitrogens is 1. The van der Waals surface area contributed by atoms with Gasteiger partial charge in [0.05, 0.1) is 17.6 Å². The summed E-state index contributed by atoms with van der Waals surface area (Å²) in [4.78, 5) is 33.6. The van der Waals surface area contributed by atoms with E-state index in [4.69, 9.17) is 0 Å². The van der Waals surface area contributed by atoms with E-state index in [1.807, 2.05) is 10.6 Å². The normalized spacial score (nSPS) is 15.9. The van der Waals surface area contributed by atoms with E-state index in [0.29, 0.717) is 29.4 Å². The number of rotatable bonds is 5. The molecule has 3 heterocycles. The maximum Gasteiger partial charge on any atom is 0.331 e. The van der Waals surface area contributed by atoms with Crippen LogP contribution in [0.4, 0.5) is 4.39 Å². The number of unbranched alkanes of at least 4 members (excludes halogenated alkanes) is 1. The summed E-state index contributed by atoms with van der Waals surface area (Å²) in [7, 11) is 0. The molecule has 3 aromatic heterocycles. The van der Waals surface area contributed by atoms with Gasteiger partial charge in [0, 0.05) is 30.4 Å². The van der Waals surface area contributed by atoms with E-state index >= 15 is 0 Å². The lowest BCUT2D eigenvalue weighted by Crippen LogP contribution is -2.42. The molecule has 1 fully saturated rings. The van der Waals surface area contributed by atoms with Gasteiger partial charge < -0.3 is 4.98 Å². The lowest BCUT2D eigenvalue weighted by molar-refractivity contribution is 0.342. The highest BCUT2D eigenvalue weighted by Crippen LogP contribution is 2.30. The summed E-state index contributed by atoms with van der Waals surface area (Å²) in [6.45, 7) is -0.194. The van der Waals surface area contributed by atoms with Crippen molar-refractivity contribution in [2.45, 2.75) is 57.5 Å². The Balaban J connectivity index is 2.01. The van der Waals surface area contributed by atoms with Crippen molar-refractivity contribution in [3.63, 3.8) is 0 Å². The van der Waals surface area contributed by atoms with Crippen molar-refractivity contribution in [2.24, 2.45) is 0 Å². The lowest BCUT2D eigenvalue weighted by Gasteiger charge is -2.26. The summed E-state index contributed by atoms with van der Waals surface area (Å²) < 4.78 is 15.6. The van der Waals surface area contributed by atoms with Crippen LogP contribution in [0.2, 0.25) is 0 Å². The summed E-state index contributed by atoms with van der Waals surface area (Å²) >= 11 is 0. The van der Waals surface area contributed by atoms with Crippen molar-refractivity contribution in [3.8, 4) is 0 Å². The van der Waals surface area contributed by atoms with Gasteiger partial charge in [-0.3, -0.25) is 18.3 Å². The Labute approximate surface area is 149 Å². The molecule has 0 atom stereocenters. The molecular formula is C19H23FN4O2. The second-order valence-electron chi connectivity index (χ2n) is 7.06. The smallest absolute Gasteiger partial charge is 0.331 e. The van der Waals surface area contributed by atoms with E-state index in [1.165, 1.54) is 11.0 Å². The van der Waals surface area contributed by atoms with Gasteiger partial charge in [0.25, 0.3) is 5.56 Å². The van der Waals surface area contributed by atoms with Gasteiger partial charge in [-0.15, -0.1) is 0 Å². The second kappa shape index (κ2) is 7.05. The van der Waals surface area contributed by atoms with Gasteiger partial charge in [-0.1, -0.05) is 19.3 Å². The Bertz CT molecular complexity index is 1040. The number of alkyl halides is 1. The number of nitrogens with one attached hydrogen (secondary N) is 1. The number of hydrogen-bond acceptors (Lipinski definition) is 3. The Morgan fingerprint density at radius 1 is 1.15 bits per heavy atom. The molecule has 0 spiro atoms. The highest BCUT2D eigenvalue weighted by molar-refractivity contribution is 6.01. The van der Waals surface area contributed by atoms with Crippen LogP contribution in [-0.2, 0) is 6.54 Å². The molecule has 26 heavy (non-hydrogen) atoms. The second-order valence-corrected chi connectivity index (χ2v) is 7.06. The first kappa shape index (κ1) is 17.0. The van der Waals surface area contributed by atoms with Crippen LogP contribution in [0.5, 0.6) is 0 Å². The minimum absolute atomic E-state index is 0.0901. The molecular weight excluding hydrogens is 335 g/mol. The number of fused-ring (bicyclic) bond motifs is 3. The molecule has 4 rings (SSSR count). The summed E-state index contributed by atoms with van der Waals surface area (Å²) in [5, 5.41) is 1.26. The summed E-state index contributed by atoms with van der Waals surface area (Å²) in [5.41, 5.74) is 0.754. The molecule has 1 saturated carbocycles. The molecule has 0 aromatic carbocycles. The van der Waals surface area contributed by atoms with Crippen LogP contribution in [0.15, 0.2) is 28.0 Å². The van der Waals surface area contributed by atoms with Crippen LogP contribution in [0.25, 0.3) is 21.9 Å². The van der Waals surface area contributed by atoms with Crippen molar-refractivity contribution in [3.05, 3.63) is 39.3 Å². The summed E-state index contributed by atoms with van der Waals surface area (Å²) in [6, 6.07) is 1.96. The predicted molar refractivity (Wildman–Crippen MR) is 99.5 cm³/mol. The Kier molecular flexibility index (Phi) is 4.61. The summed E-state index contributed by atoms with van der Waals surface area (Å²) in [5.74, 6) is 0. The summed E-state index contributed by atoms with van der Waals surface area (Å²) in [6.07, 6.45) is 9.38. The fourth-order valence-corrected chi connectivity index (χ4v) is 4.11. The first-order chi connectivity index (χ1) is 12.7. The molecule has 0 bridgehead atoms. The number of nitrogens with zero attached hydrogens (tertiary/aromatic N) is 3. The van der Waals surface area contributed by atoms with Crippen LogP contribution in [-0.4, -0.2) is 25.8 Å². The average molecular weight is 358 g/mol. The standard InChI is InChI=1S/C19H23FN4O2/c20-9-4-5-11-23-18(25)15-12-22-17-14(8-10-21-17)16(15)24(19(23)26)13-6-2-1-3-7-13/h8,10,12-13H,1-7,9,11H2,(H,21,22). The molecule has 1 aliphatic carbocycles.